The molecule has 114 valence electrons. The van der Waals surface area contributed by atoms with Crippen molar-refractivity contribution in [3.8, 4) is 0 Å². The third-order valence-corrected chi connectivity index (χ3v) is 4.47. The van der Waals surface area contributed by atoms with Gasteiger partial charge in [-0.1, -0.05) is 47.6 Å². The molecule has 0 unspecified atom stereocenters. The molecule has 0 saturated carbocycles. The van der Waals surface area contributed by atoms with E-state index in [2.05, 4.69) is 0 Å². The Balaban J connectivity index is 3.94. The van der Waals surface area contributed by atoms with Crippen LogP contribution in [-0.2, 0) is 10.1 Å². The van der Waals surface area contributed by atoms with E-state index < -0.39 is 10.1 Å². The third kappa shape index (κ3) is 3.15. The van der Waals surface area contributed by atoms with Crippen LogP contribution in [0.3, 0.4) is 0 Å². The molecular weight excluding hydrogens is 274 g/mol. The number of nitrogens with two attached hydrogens (primary N) is 1. The highest BCUT2D eigenvalue weighted by atomic mass is 32.2. The maximum Gasteiger partial charge on any atom is 0.295 e. The first-order valence-corrected chi connectivity index (χ1v) is 8.36. The van der Waals surface area contributed by atoms with Gasteiger partial charge >= 0.3 is 0 Å². The number of benzene rings is 1. The van der Waals surface area contributed by atoms with Crippen LogP contribution in [0.15, 0.2) is 11.0 Å². The quantitative estimate of drug-likeness (QED) is 0.653. The number of hydrogen-bond donors (Lipinski definition) is 2. The van der Waals surface area contributed by atoms with Crippen molar-refractivity contribution in [3.63, 3.8) is 0 Å². The summed E-state index contributed by atoms with van der Waals surface area (Å²) < 4.78 is 33.3. The monoisotopic (exact) mass is 299 g/mol. The fourth-order valence-corrected chi connectivity index (χ4v) is 3.73. The van der Waals surface area contributed by atoms with Gasteiger partial charge in [-0.15, -0.1) is 0 Å². The molecular formula is C15H25NO3S. The van der Waals surface area contributed by atoms with Gasteiger partial charge in [0.15, 0.2) is 0 Å². The number of anilines is 1. The number of hydrogen-bond acceptors (Lipinski definition) is 3. The molecule has 0 aliphatic rings. The van der Waals surface area contributed by atoms with Crippen LogP contribution in [0.5, 0.6) is 0 Å². The van der Waals surface area contributed by atoms with Gasteiger partial charge in [-0.3, -0.25) is 4.55 Å². The molecule has 0 aromatic heterocycles. The van der Waals surface area contributed by atoms with Crippen LogP contribution >= 0.6 is 0 Å². The van der Waals surface area contributed by atoms with E-state index in [1.807, 2.05) is 47.6 Å². The Hall–Kier alpha value is -1.07. The molecule has 0 radical (unpaired) electrons. The van der Waals surface area contributed by atoms with Crippen molar-refractivity contribution in [2.24, 2.45) is 0 Å². The van der Waals surface area contributed by atoms with Gasteiger partial charge in [0, 0.05) is 5.69 Å². The van der Waals surface area contributed by atoms with E-state index in [4.69, 9.17) is 5.73 Å². The molecule has 3 N–H and O–H groups in total. The summed E-state index contributed by atoms with van der Waals surface area (Å²) in [5.41, 5.74) is 8.75. The average Bonchev–Trinajstić information content (AvgIpc) is 2.25. The minimum atomic E-state index is -4.30. The van der Waals surface area contributed by atoms with E-state index in [0.717, 1.165) is 5.56 Å². The van der Waals surface area contributed by atoms with Crippen LogP contribution in [0.1, 0.15) is 76.0 Å². The van der Waals surface area contributed by atoms with Gasteiger partial charge in [0.2, 0.25) is 0 Å². The van der Waals surface area contributed by atoms with E-state index in [9.17, 15) is 13.0 Å². The van der Waals surface area contributed by atoms with E-state index in [1.165, 1.54) is 0 Å². The normalized spacial score (nSPS) is 12.7. The van der Waals surface area contributed by atoms with Crippen molar-refractivity contribution >= 4 is 15.8 Å². The summed E-state index contributed by atoms with van der Waals surface area (Å²) in [5, 5.41) is 0. The van der Waals surface area contributed by atoms with Gasteiger partial charge < -0.3 is 5.73 Å². The first kappa shape index (κ1) is 17.0. The molecule has 1 aromatic carbocycles. The Kier molecular flexibility index (Phi) is 4.87. The topological polar surface area (TPSA) is 80.4 Å². The zero-order valence-electron chi connectivity index (χ0n) is 13.1. The van der Waals surface area contributed by atoms with E-state index in [-0.39, 0.29) is 22.6 Å². The largest absolute Gasteiger partial charge is 0.398 e. The molecule has 0 bridgehead atoms. The SMILES string of the molecule is CC(C)c1cc(C(C)C)c(S(=O)(=O)O)c(C(C)C)c1N. The molecule has 1 aromatic rings. The maximum absolute atomic E-state index is 11.8. The molecule has 0 spiro atoms. The summed E-state index contributed by atoms with van der Waals surface area (Å²) >= 11 is 0. The summed E-state index contributed by atoms with van der Waals surface area (Å²) in [7, 11) is -4.30. The second kappa shape index (κ2) is 5.74. The minimum absolute atomic E-state index is 0.00981. The first-order chi connectivity index (χ1) is 8.98. The smallest absolute Gasteiger partial charge is 0.295 e. The Morgan fingerprint density at radius 2 is 1.40 bits per heavy atom. The molecule has 0 fully saturated rings. The second-order valence-corrected chi connectivity index (χ2v) is 7.51. The average molecular weight is 299 g/mol. The lowest BCUT2D eigenvalue weighted by atomic mass is 9.87. The standard InChI is InChI=1S/C15H25NO3S/c1-8(2)11-7-12(9(3)4)15(20(17,18)19)13(10(5)6)14(11)16/h7-10H,16H2,1-6H3,(H,17,18,19). The van der Waals surface area contributed by atoms with Crippen LogP contribution in [0.25, 0.3) is 0 Å². The highest BCUT2D eigenvalue weighted by Gasteiger charge is 2.28. The van der Waals surface area contributed by atoms with Gasteiger partial charge in [-0.2, -0.15) is 8.42 Å². The summed E-state index contributed by atoms with van der Waals surface area (Å²) in [4.78, 5) is -0.00981. The zero-order chi connectivity index (χ0) is 15.8. The maximum atomic E-state index is 11.8. The molecule has 20 heavy (non-hydrogen) atoms. The van der Waals surface area contributed by atoms with Crippen LogP contribution in [0.4, 0.5) is 5.69 Å². The first-order valence-electron chi connectivity index (χ1n) is 6.92. The molecule has 0 aliphatic carbocycles. The lowest BCUT2D eigenvalue weighted by molar-refractivity contribution is 0.479. The Labute approximate surface area is 122 Å². The van der Waals surface area contributed by atoms with Gasteiger partial charge in [0.1, 0.15) is 4.90 Å². The van der Waals surface area contributed by atoms with Crippen molar-refractivity contribution in [1.29, 1.82) is 0 Å². The lowest BCUT2D eigenvalue weighted by Crippen LogP contribution is -2.15. The minimum Gasteiger partial charge on any atom is -0.398 e. The third-order valence-electron chi connectivity index (χ3n) is 3.50. The van der Waals surface area contributed by atoms with Crippen molar-refractivity contribution in [2.75, 3.05) is 5.73 Å². The molecule has 0 amide bonds. The fraction of sp³-hybridized carbons (Fsp3) is 0.600. The molecule has 4 nitrogen and oxygen atoms in total. The van der Waals surface area contributed by atoms with Crippen molar-refractivity contribution in [1.82, 2.24) is 0 Å². The van der Waals surface area contributed by atoms with Crippen LogP contribution < -0.4 is 5.73 Å². The van der Waals surface area contributed by atoms with E-state index >= 15 is 0 Å². The van der Waals surface area contributed by atoms with Gasteiger partial charge in [-0.05, 0) is 34.4 Å². The zero-order valence-corrected chi connectivity index (χ0v) is 13.9. The Bertz CT molecular complexity index is 602. The van der Waals surface area contributed by atoms with Crippen LogP contribution in [0, 0.1) is 0 Å². The lowest BCUT2D eigenvalue weighted by Gasteiger charge is -2.24. The fourth-order valence-electron chi connectivity index (χ4n) is 2.51. The highest BCUT2D eigenvalue weighted by molar-refractivity contribution is 7.86. The number of nitrogen functional groups attached to an aromatic ring is 1. The summed E-state index contributed by atoms with van der Waals surface area (Å²) in [6.45, 7) is 11.6. The van der Waals surface area contributed by atoms with Gasteiger partial charge in [0.05, 0.1) is 0 Å². The van der Waals surface area contributed by atoms with Crippen molar-refractivity contribution in [3.05, 3.63) is 22.8 Å². The highest BCUT2D eigenvalue weighted by Crippen LogP contribution is 2.39. The Morgan fingerprint density at radius 3 is 1.70 bits per heavy atom. The predicted molar refractivity (Wildman–Crippen MR) is 82.9 cm³/mol. The van der Waals surface area contributed by atoms with E-state index in [1.54, 1.807) is 0 Å². The molecule has 0 heterocycles. The van der Waals surface area contributed by atoms with Crippen LogP contribution in [-0.4, -0.2) is 13.0 Å². The molecule has 1 rings (SSSR count). The predicted octanol–water partition coefficient (Wildman–Crippen LogP) is 3.89. The molecule has 0 saturated heterocycles. The molecule has 5 heteroatoms. The van der Waals surface area contributed by atoms with Crippen molar-refractivity contribution in [2.45, 2.75) is 64.2 Å². The van der Waals surface area contributed by atoms with Crippen LogP contribution in [0.2, 0.25) is 0 Å². The molecule has 0 atom stereocenters. The summed E-state index contributed by atoms with van der Waals surface area (Å²) in [5.74, 6) is 0.103. The second-order valence-electron chi connectivity index (χ2n) is 6.15. The number of rotatable bonds is 4. The summed E-state index contributed by atoms with van der Waals surface area (Å²) in [6.07, 6.45) is 0. The summed E-state index contributed by atoms with van der Waals surface area (Å²) in [6, 6.07) is 1.82. The Morgan fingerprint density at radius 1 is 0.950 bits per heavy atom. The van der Waals surface area contributed by atoms with Crippen molar-refractivity contribution < 1.29 is 13.0 Å². The van der Waals surface area contributed by atoms with E-state index in [0.29, 0.717) is 16.8 Å². The van der Waals surface area contributed by atoms with Gasteiger partial charge in [0.25, 0.3) is 10.1 Å². The molecule has 0 aliphatic heterocycles. The van der Waals surface area contributed by atoms with Gasteiger partial charge in [-0.25, -0.2) is 0 Å².